The van der Waals surface area contributed by atoms with Crippen LogP contribution in [0.5, 0.6) is 0 Å². The van der Waals surface area contributed by atoms with Crippen molar-refractivity contribution in [2.45, 2.75) is 89.6 Å². The summed E-state index contributed by atoms with van der Waals surface area (Å²) in [6.07, 6.45) is 6.38. The Morgan fingerprint density at radius 1 is 1.09 bits per heavy atom. The first-order valence-corrected chi connectivity index (χ1v) is 13.7. The lowest BCUT2D eigenvalue weighted by Gasteiger charge is -2.58. The Morgan fingerprint density at radius 3 is 2.53 bits per heavy atom. The molecule has 0 N–H and O–H groups in total. The highest BCUT2D eigenvalue weighted by molar-refractivity contribution is 9.10. The molecule has 5 fully saturated rings. The molecule has 0 bridgehead atoms. The van der Waals surface area contributed by atoms with Crippen LogP contribution in [0.15, 0.2) is 28.7 Å². The molecule has 1 aromatic rings. The van der Waals surface area contributed by atoms with Crippen molar-refractivity contribution in [1.29, 1.82) is 0 Å². The molecule has 34 heavy (non-hydrogen) atoms. The summed E-state index contributed by atoms with van der Waals surface area (Å²) in [5.41, 5.74) is -0.165. The van der Waals surface area contributed by atoms with E-state index in [4.69, 9.17) is 14.2 Å². The van der Waals surface area contributed by atoms with E-state index >= 15 is 0 Å². The number of rotatable bonds is 5. The van der Waals surface area contributed by atoms with Crippen LogP contribution < -0.4 is 0 Å². The molecule has 0 amide bonds. The molecule has 2 aliphatic heterocycles. The molecule has 2 heterocycles. The van der Waals surface area contributed by atoms with Gasteiger partial charge in [-0.05, 0) is 74.3 Å². The van der Waals surface area contributed by atoms with Crippen LogP contribution in [-0.4, -0.2) is 41.8 Å². The third kappa shape index (κ3) is 2.97. The number of Topliss-reactive ketones (excluding diaryl/α,β-unsaturated/α-hetero) is 1. The fourth-order valence-electron chi connectivity index (χ4n) is 8.51. The number of benzene rings is 1. The molecular weight excluding hydrogens is 496 g/mol. The predicted octanol–water partition coefficient (Wildman–Crippen LogP) is 5.73. The van der Waals surface area contributed by atoms with Crippen molar-refractivity contribution in [3.63, 3.8) is 0 Å². The predicted molar refractivity (Wildman–Crippen MR) is 130 cm³/mol. The average Bonchev–Trinajstić information content (AvgIpc) is 3.70. The Balaban J connectivity index is 1.21. The fourth-order valence-corrected chi connectivity index (χ4v) is 8.78. The van der Waals surface area contributed by atoms with Gasteiger partial charge in [0.15, 0.2) is 12.4 Å². The number of fused-ring (bicyclic) bond motifs is 3. The Hall–Kier alpha value is -1.24. The lowest BCUT2D eigenvalue weighted by molar-refractivity contribution is -0.173. The molecule has 0 radical (unpaired) electrons. The lowest BCUT2D eigenvalue weighted by atomic mass is 9.43. The number of esters is 1. The zero-order valence-electron chi connectivity index (χ0n) is 20.6. The van der Waals surface area contributed by atoms with Crippen molar-refractivity contribution in [3.05, 3.63) is 34.3 Å². The molecule has 3 aliphatic carbocycles. The lowest BCUT2D eigenvalue weighted by Crippen LogP contribution is -2.61. The standard InChI is InChI=1S/C28H35BrO5/c1-16(2)27-13-10-20-25(3)11-5-12-26(4,21(25)14-22-28(20,33-22)23(27)34-27)24(31)32-15-19(30)17-6-8-18(29)9-7-17/h6-9,16,20-23H,5,10-15H2,1-4H3/t20-,21-,22-,23-,25-,26-,27+,28+/m1/s1. The number of epoxide rings is 2. The second-order valence-electron chi connectivity index (χ2n) is 12.2. The van der Waals surface area contributed by atoms with Crippen LogP contribution in [0.1, 0.15) is 76.6 Å². The summed E-state index contributed by atoms with van der Waals surface area (Å²) < 4.78 is 19.6. The summed E-state index contributed by atoms with van der Waals surface area (Å²) in [5.74, 6) is 0.717. The first-order chi connectivity index (χ1) is 16.1. The smallest absolute Gasteiger partial charge is 0.312 e. The Morgan fingerprint density at radius 2 is 1.82 bits per heavy atom. The van der Waals surface area contributed by atoms with Crippen molar-refractivity contribution >= 4 is 27.7 Å². The van der Waals surface area contributed by atoms with Crippen LogP contribution in [0.3, 0.4) is 0 Å². The molecule has 5 aliphatic rings. The number of hydrogen-bond donors (Lipinski definition) is 0. The van der Waals surface area contributed by atoms with E-state index in [9.17, 15) is 9.59 Å². The minimum absolute atomic E-state index is 0.00126. The number of carbonyl (C=O) groups is 2. The molecule has 6 heteroatoms. The fraction of sp³-hybridized carbons (Fsp3) is 0.714. The minimum atomic E-state index is -0.595. The van der Waals surface area contributed by atoms with Gasteiger partial charge < -0.3 is 14.2 Å². The SMILES string of the molecule is CC(C)[C@@]12CC[C@@H]3[C@@]4(C)CCC[C@@](C)(C(=O)OCC(=O)c5ccc(Br)cc5)[C@@H]4C[C@H]4O[C@@]34[C@@H]1O2. The van der Waals surface area contributed by atoms with Gasteiger partial charge in [0.05, 0.1) is 11.5 Å². The zero-order valence-corrected chi connectivity index (χ0v) is 22.2. The van der Waals surface area contributed by atoms with Gasteiger partial charge in [0.2, 0.25) is 0 Å². The summed E-state index contributed by atoms with van der Waals surface area (Å²) in [6, 6.07) is 7.17. The Kier molecular flexibility index (Phi) is 5.04. The van der Waals surface area contributed by atoms with Crippen LogP contribution in [0, 0.1) is 28.6 Å². The van der Waals surface area contributed by atoms with Gasteiger partial charge >= 0.3 is 5.97 Å². The van der Waals surface area contributed by atoms with E-state index < -0.39 is 5.41 Å². The minimum Gasteiger partial charge on any atom is -0.457 e. The van der Waals surface area contributed by atoms with Crippen molar-refractivity contribution < 1.29 is 23.8 Å². The quantitative estimate of drug-likeness (QED) is 0.276. The zero-order chi connectivity index (χ0) is 24.1. The van der Waals surface area contributed by atoms with Gasteiger partial charge in [-0.15, -0.1) is 0 Å². The van der Waals surface area contributed by atoms with Gasteiger partial charge in [-0.1, -0.05) is 55.3 Å². The van der Waals surface area contributed by atoms with E-state index in [1.54, 1.807) is 12.1 Å². The number of carbonyl (C=O) groups excluding carboxylic acids is 2. The van der Waals surface area contributed by atoms with E-state index in [0.717, 1.165) is 43.0 Å². The molecular formula is C28H35BrO5. The summed E-state index contributed by atoms with van der Waals surface area (Å²) in [7, 11) is 0. The van der Waals surface area contributed by atoms with Gasteiger partial charge in [-0.2, -0.15) is 0 Å². The molecule has 5 nitrogen and oxygen atoms in total. The molecule has 0 unspecified atom stereocenters. The first-order valence-electron chi connectivity index (χ1n) is 12.9. The largest absolute Gasteiger partial charge is 0.457 e. The molecule has 0 aromatic heterocycles. The second kappa shape index (κ2) is 7.39. The van der Waals surface area contributed by atoms with E-state index in [1.165, 1.54) is 0 Å². The van der Waals surface area contributed by atoms with Gasteiger partial charge in [0.25, 0.3) is 0 Å². The van der Waals surface area contributed by atoms with Crippen molar-refractivity contribution in [2.24, 2.45) is 28.6 Å². The van der Waals surface area contributed by atoms with Gasteiger partial charge in [-0.25, -0.2) is 0 Å². The summed E-state index contributed by atoms with van der Waals surface area (Å²) in [6.45, 7) is 8.80. The van der Waals surface area contributed by atoms with Crippen LogP contribution >= 0.6 is 15.9 Å². The van der Waals surface area contributed by atoms with Gasteiger partial charge in [0.1, 0.15) is 17.3 Å². The van der Waals surface area contributed by atoms with Gasteiger partial charge in [0, 0.05) is 10.0 Å². The van der Waals surface area contributed by atoms with E-state index in [1.807, 2.05) is 12.1 Å². The number of ketones is 1. The molecule has 184 valence electrons. The van der Waals surface area contributed by atoms with Crippen molar-refractivity contribution in [2.75, 3.05) is 6.61 Å². The maximum atomic E-state index is 13.6. The van der Waals surface area contributed by atoms with Crippen LogP contribution in [-0.2, 0) is 19.0 Å². The maximum Gasteiger partial charge on any atom is 0.312 e. The van der Waals surface area contributed by atoms with Gasteiger partial charge in [-0.3, -0.25) is 9.59 Å². The third-order valence-electron chi connectivity index (χ3n) is 10.5. The topological polar surface area (TPSA) is 68.4 Å². The van der Waals surface area contributed by atoms with E-state index in [2.05, 4.69) is 43.6 Å². The Bertz CT molecular complexity index is 1040. The van der Waals surface area contributed by atoms with Crippen LogP contribution in [0.2, 0.25) is 0 Å². The van der Waals surface area contributed by atoms with Crippen molar-refractivity contribution in [1.82, 2.24) is 0 Å². The van der Waals surface area contributed by atoms with Crippen LogP contribution in [0.25, 0.3) is 0 Å². The van der Waals surface area contributed by atoms with Crippen LogP contribution in [0.4, 0.5) is 0 Å². The summed E-state index contributed by atoms with van der Waals surface area (Å²) >= 11 is 3.39. The second-order valence-corrected chi connectivity index (χ2v) is 13.1. The Labute approximate surface area is 210 Å². The molecule has 2 saturated heterocycles. The molecule has 1 aromatic carbocycles. The van der Waals surface area contributed by atoms with E-state index in [0.29, 0.717) is 17.4 Å². The number of hydrogen-bond acceptors (Lipinski definition) is 5. The normalized spacial score (nSPS) is 45.9. The number of halogens is 1. The molecule has 3 saturated carbocycles. The average molecular weight is 531 g/mol. The van der Waals surface area contributed by atoms with Crippen molar-refractivity contribution in [3.8, 4) is 0 Å². The highest BCUT2D eigenvalue weighted by Gasteiger charge is 2.85. The maximum absolute atomic E-state index is 13.6. The highest BCUT2D eigenvalue weighted by Crippen LogP contribution is 2.76. The highest BCUT2D eigenvalue weighted by atomic mass is 79.9. The summed E-state index contributed by atoms with van der Waals surface area (Å²) in [4.78, 5) is 26.2. The summed E-state index contributed by atoms with van der Waals surface area (Å²) in [5, 5.41) is 0. The van der Waals surface area contributed by atoms with E-state index in [-0.39, 0.29) is 53.1 Å². The first kappa shape index (κ1) is 23.2. The monoisotopic (exact) mass is 530 g/mol. The third-order valence-corrected chi connectivity index (χ3v) is 11.0. The molecule has 1 spiro atoms. The number of ether oxygens (including phenoxy) is 3. The molecule has 6 rings (SSSR count). The molecule has 8 atom stereocenters.